The van der Waals surface area contributed by atoms with Crippen LogP contribution in [0.2, 0.25) is 0 Å². The second-order valence-corrected chi connectivity index (χ2v) is 4.40. The Balaban J connectivity index is 2.25. The summed E-state index contributed by atoms with van der Waals surface area (Å²) in [5.41, 5.74) is 0. The largest absolute Gasteiger partial charge is 0.379 e. The van der Waals surface area contributed by atoms with Crippen molar-refractivity contribution in [3.05, 3.63) is 0 Å². The molecular weight excluding hydrogens is 239 g/mol. The van der Waals surface area contributed by atoms with Crippen LogP contribution in [0.5, 0.6) is 0 Å². The standard InChI is InChI=1S/C12H23FN2O3/c1-3-17-9-11-8-15(6-7-18-11)12(16)14-5-4-10(2)13/h10-11H,3-9H2,1-2H3,(H,14,16). The number of nitrogens with zero attached hydrogens (tertiary/aromatic N) is 1. The smallest absolute Gasteiger partial charge is 0.317 e. The summed E-state index contributed by atoms with van der Waals surface area (Å²) >= 11 is 0. The Kier molecular flexibility index (Phi) is 6.97. The van der Waals surface area contributed by atoms with Crippen LogP contribution in [0, 0.1) is 0 Å². The van der Waals surface area contributed by atoms with Crippen LogP contribution < -0.4 is 5.32 Å². The molecule has 0 bridgehead atoms. The van der Waals surface area contributed by atoms with Gasteiger partial charge < -0.3 is 19.7 Å². The Bertz CT molecular complexity index is 251. The van der Waals surface area contributed by atoms with E-state index < -0.39 is 6.17 Å². The van der Waals surface area contributed by atoms with Gasteiger partial charge in [-0.15, -0.1) is 0 Å². The number of hydrogen-bond acceptors (Lipinski definition) is 3. The molecule has 1 aliphatic rings. The highest BCUT2D eigenvalue weighted by Gasteiger charge is 2.23. The molecule has 0 aliphatic carbocycles. The molecule has 0 spiro atoms. The lowest BCUT2D eigenvalue weighted by molar-refractivity contribution is -0.0566. The van der Waals surface area contributed by atoms with Crippen molar-refractivity contribution in [3.8, 4) is 0 Å². The number of carbonyl (C=O) groups is 1. The Morgan fingerprint density at radius 3 is 3.11 bits per heavy atom. The predicted octanol–water partition coefficient (Wildman–Crippen LogP) is 1.18. The Labute approximate surface area is 108 Å². The lowest BCUT2D eigenvalue weighted by Gasteiger charge is -2.32. The van der Waals surface area contributed by atoms with E-state index in [0.29, 0.717) is 45.9 Å². The summed E-state index contributed by atoms with van der Waals surface area (Å²) in [4.78, 5) is 13.5. The maximum Gasteiger partial charge on any atom is 0.317 e. The molecule has 5 nitrogen and oxygen atoms in total. The van der Waals surface area contributed by atoms with Crippen LogP contribution in [-0.2, 0) is 9.47 Å². The fraction of sp³-hybridized carbons (Fsp3) is 0.917. The van der Waals surface area contributed by atoms with E-state index in [1.54, 1.807) is 4.90 Å². The maximum atomic E-state index is 12.6. The molecule has 2 amide bonds. The van der Waals surface area contributed by atoms with Crippen LogP contribution >= 0.6 is 0 Å². The number of nitrogens with one attached hydrogen (secondary N) is 1. The molecule has 0 saturated carbocycles. The third kappa shape index (κ3) is 5.64. The highest BCUT2D eigenvalue weighted by Crippen LogP contribution is 2.06. The molecule has 1 rings (SSSR count). The molecule has 1 N–H and O–H groups in total. The number of morpholine rings is 1. The van der Waals surface area contributed by atoms with Gasteiger partial charge in [-0.25, -0.2) is 9.18 Å². The zero-order valence-corrected chi connectivity index (χ0v) is 11.2. The quantitative estimate of drug-likeness (QED) is 0.782. The summed E-state index contributed by atoms with van der Waals surface area (Å²) in [5.74, 6) is 0. The van der Waals surface area contributed by atoms with E-state index in [0.717, 1.165) is 0 Å². The first-order chi connectivity index (χ1) is 8.63. The second kappa shape index (κ2) is 8.26. The van der Waals surface area contributed by atoms with Crippen LogP contribution in [0.3, 0.4) is 0 Å². The third-order valence-electron chi connectivity index (χ3n) is 2.75. The van der Waals surface area contributed by atoms with E-state index in [2.05, 4.69) is 5.32 Å². The molecule has 6 heteroatoms. The Morgan fingerprint density at radius 2 is 2.44 bits per heavy atom. The minimum Gasteiger partial charge on any atom is -0.379 e. The van der Waals surface area contributed by atoms with Gasteiger partial charge in [0, 0.05) is 19.7 Å². The summed E-state index contributed by atoms with van der Waals surface area (Å²) in [5, 5.41) is 2.71. The minimum atomic E-state index is -0.888. The molecule has 0 aromatic carbocycles. The third-order valence-corrected chi connectivity index (χ3v) is 2.75. The summed E-state index contributed by atoms with van der Waals surface area (Å²) in [6.45, 7) is 6.53. The SMILES string of the molecule is CCOCC1CN(C(=O)NCCC(C)F)CCO1. The number of amides is 2. The molecule has 1 fully saturated rings. The van der Waals surface area contributed by atoms with E-state index in [1.807, 2.05) is 6.92 Å². The average molecular weight is 262 g/mol. The van der Waals surface area contributed by atoms with E-state index >= 15 is 0 Å². The van der Waals surface area contributed by atoms with E-state index in [-0.39, 0.29) is 12.1 Å². The number of alkyl halides is 1. The number of ether oxygens (including phenoxy) is 2. The number of carbonyl (C=O) groups excluding carboxylic acids is 1. The van der Waals surface area contributed by atoms with Gasteiger partial charge in [0.25, 0.3) is 0 Å². The van der Waals surface area contributed by atoms with E-state index in [1.165, 1.54) is 6.92 Å². The summed E-state index contributed by atoms with van der Waals surface area (Å²) in [6.07, 6.45) is -0.608. The second-order valence-electron chi connectivity index (χ2n) is 4.40. The normalized spacial score (nSPS) is 21.7. The van der Waals surface area contributed by atoms with Crippen molar-refractivity contribution in [2.45, 2.75) is 32.5 Å². The van der Waals surface area contributed by atoms with E-state index in [9.17, 15) is 9.18 Å². The van der Waals surface area contributed by atoms with Gasteiger partial charge in [0.2, 0.25) is 0 Å². The highest BCUT2D eigenvalue weighted by atomic mass is 19.1. The van der Waals surface area contributed by atoms with Gasteiger partial charge >= 0.3 is 6.03 Å². The van der Waals surface area contributed by atoms with Crippen molar-refractivity contribution >= 4 is 6.03 Å². The van der Waals surface area contributed by atoms with Gasteiger partial charge in [0.1, 0.15) is 0 Å². The molecule has 0 aromatic heterocycles. The first-order valence-corrected chi connectivity index (χ1v) is 6.49. The minimum absolute atomic E-state index is 0.0652. The molecule has 2 unspecified atom stereocenters. The number of hydrogen-bond donors (Lipinski definition) is 1. The molecule has 1 heterocycles. The van der Waals surface area contributed by atoms with Crippen molar-refractivity contribution in [1.29, 1.82) is 0 Å². The van der Waals surface area contributed by atoms with Gasteiger partial charge in [-0.05, 0) is 20.3 Å². The first kappa shape index (κ1) is 15.2. The molecule has 1 aliphatic heterocycles. The van der Waals surface area contributed by atoms with Crippen LogP contribution in [0.25, 0.3) is 0 Å². The lowest BCUT2D eigenvalue weighted by Crippen LogP contribution is -2.51. The van der Waals surface area contributed by atoms with Crippen molar-refractivity contribution in [1.82, 2.24) is 10.2 Å². The fourth-order valence-electron chi connectivity index (χ4n) is 1.74. The van der Waals surface area contributed by atoms with Gasteiger partial charge in [0.15, 0.2) is 0 Å². The van der Waals surface area contributed by atoms with Crippen molar-refractivity contribution in [2.75, 3.05) is 39.5 Å². The van der Waals surface area contributed by atoms with Crippen LogP contribution in [0.15, 0.2) is 0 Å². The lowest BCUT2D eigenvalue weighted by atomic mass is 10.3. The molecule has 1 saturated heterocycles. The average Bonchev–Trinajstić information content (AvgIpc) is 2.36. The topological polar surface area (TPSA) is 50.8 Å². The molecule has 106 valence electrons. The van der Waals surface area contributed by atoms with Crippen molar-refractivity contribution in [2.24, 2.45) is 0 Å². The summed E-state index contributed by atoms with van der Waals surface area (Å²) in [6, 6.07) is -0.152. The monoisotopic (exact) mass is 262 g/mol. The zero-order valence-electron chi connectivity index (χ0n) is 11.2. The maximum absolute atomic E-state index is 12.6. The Morgan fingerprint density at radius 1 is 1.67 bits per heavy atom. The Hall–Kier alpha value is -0.880. The van der Waals surface area contributed by atoms with Crippen LogP contribution in [0.4, 0.5) is 9.18 Å². The number of halogens is 1. The van der Waals surface area contributed by atoms with Gasteiger partial charge in [-0.2, -0.15) is 0 Å². The van der Waals surface area contributed by atoms with Crippen molar-refractivity contribution < 1.29 is 18.7 Å². The van der Waals surface area contributed by atoms with Gasteiger partial charge in [-0.1, -0.05) is 0 Å². The molecule has 0 aromatic rings. The first-order valence-electron chi connectivity index (χ1n) is 6.49. The molecule has 18 heavy (non-hydrogen) atoms. The zero-order chi connectivity index (χ0) is 13.4. The highest BCUT2D eigenvalue weighted by molar-refractivity contribution is 5.74. The van der Waals surface area contributed by atoms with Crippen LogP contribution in [-0.4, -0.2) is 62.7 Å². The summed E-state index contributed by atoms with van der Waals surface area (Å²) in [7, 11) is 0. The van der Waals surface area contributed by atoms with Gasteiger partial charge in [-0.3, -0.25) is 0 Å². The molecular formula is C12H23FN2O3. The number of urea groups is 1. The molecule has 2 atom stereocenters. The van der Waals surface area contributed by atoms with E-state index in [4.69, 9.17) is 9.47 Å². The summed E-state index contributed by atoms with van der Waals surface area (Å²) < 4.78 is 23.4. The van der Waals surface area contributed by atoms with Crippen LogP contribution in [0.1, 0.15) is 20.3 Å². The van der Waals surface area contributed by atoms with Crippen molar-refractivity contribution in [3.63, 3.8) is 0 Å². The fourth-order valence-corrected chi connectivity index (χ4v) is 1.74. The van der Waals surface area contributed by atoms with Gasteiger partial charge in [0.05, 0.1) is 32.0 Å². The molecule has 0 radical (unpaired) electrons. The number of rotatable bonds is 6. The predicted molar refractivity (Wildman–Crippen MR) is 66.4 cm³/mol.